The van der Waals surface area contributed by atoms with E-state index in [9.17, 15) is 22.4 Å². The molecule has 13 heteroatoms. The Morgan fingerprint density at radius 3 is 2.66 bits per heavy atom. The van der Waals surface area contributed by atoms with Crippen LogP contribution in [0.4, 0.5) is 29.1 Å². The molecule has 0 aliphatic carbocycles. The number of halogens is 4. The Labute approximate surface area is 216 Å². The second kappa shape index (κ2) is 11.6. The number of nitrogens with zero attached hydrogens (tertiary/aromatic N) is 4. The van der Waals surface area contributed by atoms with Gasteiger partial charge in [-0.15, -0.1) is 0 Å². The number of amides is 1. The van der Waals surface area contributed by atoms with Crippen molar-refractivity contribution in [3.05, 3.63) is 59.6 Å². The van der Waals surface area contributed by atoms with Gasteiger partial charge < -0.3 is 16.0 Å². The summed E-state index contributed by atoms with van der Waals surface area (Å²) in [6.45, 7) is 5.96. The Morgan fingerprint density at radius 1 is 1.13 bits per heavy atom. The maximum Gasteiger partial charge on any atom is 0.435 e. The SMILES string of the molecule is CCCNCCCCNC(=O)c1c(C)cc(Nc2nccn3c(-c4c[nH]nc4C(F)(F)F)cnc23)cc1F. The Hall–Kier alpha value is -4.00. The van der Waals surface area contributed by atoms with Gasteiger partial charge in [0.1, 0.15) is 5.82 Å². The summed E-state index contributed by atoms with van der Waals surface area (Å²) in [5, 5.41) is 14.6. The third-order valence-corrected chi connectivity index (χ3v) is 5.88. The van der Waals surface area contributed by atoms with Crippen LogP contribution in [-0.2, 0) is 6.18 Å². The molecule has 0 radical (unpaired) electrons. The number of benzene rings is 1. The summed E-state index contributed by atoms with van der Waals surface area (Å²) in [6.07, 6.45) is 3.36. The number of fused-ring (bicyclic) bond motifs is 1. The van der Waals surface area contributed by atoms with E-state index in [0.29, 0.717) is 17.8 Å². The predicted octanol–water partition coefficient (Wildman–Crippen LogP) is 4.84. The Kier molecular flexibility index (Phi) is 8.25. The van der Waals surface area contributed by atoms with E-state index in [1.54, 1.807) is 13.0 Å². The minimum atomic E-state index is -4.65. The molecule has 0 bridgehead atoms. The van der Waals surface area contributed by atoms with Crippen LogP contribution >= 0.6 is 0 Å². The number of imidazole rings is 1. The van der Waals surface area contributed by atoms with Crippen LogP contribution in [-0.4, -0.2) is 50.1 Å². The third kappa shape index (κ3) is 5.93. The van der Waals surface area contributed by atoms with Gasteiger partial charge in [-0.3, -0.25) is 14.3 Å². The summed E-state index contributed by atoms with van der Waals surface area (Å²) in [7, 11) is 0. The van der Waals surface area contributed by atoms with Gasteiger partial charge in [-0.1, -0.05) is 6.92 Å². The maximum atomic E-state index is 15.0. The molecule has 0 aliphatic heterocycles. The van der Waals surface area contributed by atoms with Crippen LogP contribution in [0.1, 0.15) is 47.8 Å². The first-order chi connectivity index (χ1) is 18.2. The lowest BCUT2D eigenvalue weighted by atomic mass is 10.1. The number of carbonyl (C=O) groups excluding carboxylic acids is 1. The molecule has 4 rings (SSSR count). The molecular weight excluding hydrogens is 504 g/mol. The van der Waals surface area contributed by atoms with E-state index in [0.717, 1.165) is 38.5 Å². The number of unbranched alkanes of at least 4 members (excludes halogenated alkanes) is 1. The topological polar surface area (TPSA) is 112 Å². The number of aryl methyl sites for hydroxylation is 1. The quantitative estimate of drug-likeness (QED) is 0.163. The number of carbonyl (C=O) groups is 1. The smallest absolute Gasteiger partial charge is 0.352 e. The van der Waals surface area contributed by atoms with Gasteiger partial charge in [0.15, 0.2) is 17.2 Å². The molecule has 0 fully saturated rings. The van der Waals surface area contributed by atoms with Crippen LogP contribution in [0.2, 0.25) is 0 Å². The van der Waals surface area contributed by atoms with Crippen molar-refractivity contribution < 1.29 is 22.4 Å². The molecule has 0 saturated heterocycles. The van der Waals surface area contributed by atoms with Crippen molar-refractivity contribution in [2.75, 3.05) is 25.0 Å². The summed E-state index contributed by atoms with van der Waals surface area (Å²) in [5.41, 5.74) is -0.176. The highest BCUT2D eigenvalue weighted by molar-refractivity contribution is 5.96. The fourth-order valence-corrected chi connectivity index (χ4v) is 4.12. The van der Waals surface area contributed by atoms with E-state index in [-0.39, 0.29) is 28.3 Å². The fraction of sp³-hybridized carbons (Fsp3) is 0.360. The zero-order chi connectivity index (χ0) is 27.3. The first-order valence-corrected chi connectivity index (χ1v) is 12.2. The summed E-state index contributed by atoms with van der Waals surface area (Å²) >= 11 is 0. The van der Waals surface area contributed by atoms with Gasteiger partial charge in [-0.05, 0) is 57.0 Å². The van der Waals surface area contributed by atoms with Gasteiger partial charge in [0.2, 0.25) is 0 Å². The lowest BCUT2D eigenvalue weighted by molar-refractivity contribution is -0.140. The van der Waals surface area contributed by atoms with Gasteiger partial charge in [-0.25, -0.2) is 14.4 Å². The summed E-state index contributed by atoms with van der Waals surface area (Å²) in [6, 6.07) is 2.77. The van der Waals surface area contributed by atoms with Crippen molar-refractivity contribution in [3.63, 3.8) is 0 Å². The Morgan fingerprint density at radius 2 is 1.92 bits per heavy atom. The van der Waals surface area contributed by atoms with Crippen molar-refractivity contribution in [1.82, 2.24) is 35.2 Å². The highest BCUT2D eigenvalue weighted by atomic mass is 19.4. The van der Waals surface area contributed by atoms with Crippen molar-refractivity contribution in [3.8, 4) is 11.3 Å². The minimum absolute atomic E-state index is 0.0476. The number of nitrogens with one attached hydrogen (secondary N) is 4. The van der Waals surface area contributed by atoms with Gasteiger partial charge in [-0.2, -0.15) is 18.3 Å². The first-order valence-electron chi connectivity index (χ1n) is 12.2. The number of hydrogen-bond acceptors (Lipinski definition) is 6. The standard InChI is InChI=1S/C25H28F4N8O/c1-3-6-30-7-4-5-8-32-24(38)20-15(2)11-16(12-18(20)26)35-22-23-33-14-19(37(23)10-9-31-22)17-13-34-36-21(17)25(27,28)29/h9-14,30H,3-8H2,1-2H3,(H,31,35)(H,32,38)(H,34,36). The van der Waals surface area contributed by atoms with Crippen LogP contribution in [0.15, 0.2) is 36.9 Å². The van der Waals surface area contributed by atoms with Crippen LogP contribution in [0.25, 0.3) is 16.9 Å². The predicted molar refractivity (Wildman–Crippen MR) is 135 cm³/mol. The van der Waals surface area contributed by atoms with Crippen molar-refractivity contribution >= 4 is 23.1 Å². The molecule has 4 N–H and O–H groups in total. The average Bonchev–Trinajstić information content (AvgIpc) is 3.51. The van der Waals surface area contributed by atoms with E-state index in [4.69, 9.17) is 0 Å². The molecule has 38 heavy (non-hydrogen) atoms. The molecule has 0 aliphatic rings. The number of anilines is 2. The fourth-order valence-electron chi connectivity index (χ4n) is 4.12. The van der Waals surface area contributed by atoms with Crippen molar-refractivity contribution in [2.24, 2.45) is 0 Å². The first kappa shape index (κ1) is 27.0. The van der Waals surface area contributed by atoms with Crippen LogP contribution in [0, 0.1) is 12.7 Å². The minimum Gasteiger partial charge on any atom is -0.352 e. The zero-order valence-electron chi connectivity index (χ0n) is 20.9. The third-order valence-electron chi connectivity index (χ3n) is 5.88. The van der Waals surface area contributed by atoms with Gasteiger partial charge in [0.25, 0.3) is 5.91 Å². The number of alkyl halides is 3. The van der Waals surface area contributed by atoms with Crippen LogP contribution < -0.4 is 16.0 Å². The zero-order valence-corrected chi connectivity index (χ0v) is 20.9. The largest absolute Gasteiger partial charge is 0.435 e. The van der Waals surface area contributed by atoms with Crippen LogP contribution in [0.3, 0.4) is 0 Å². The number of hydrogen-bond donors (Lipinski definition) is 4. The van der Waals surface area contributed by atoms with Crippen molar-refractivity contribution in [1.29, 1.82) is 0 Å². The molecule has 3 heterocycles. The van der Waals surface area contributed by atoms with E-state index >= 15 is 0 Å². The Balaban J connectivity index is 1.49. The van der Waals surface area contributed by atoms with Crippen LogP contribution in [0.5, 0.6) is 0 Å². The van der Waals surface area contributed by atoms with Gasteiger partial charge in [0, 0.05) is 30.8 Å². The van der Waals surface area contributed by atoms with E-state index in [2.05, 4.69) is 43.0 Å². The normalized spacial score (nSPS) is 11.7. The second-order valence-electron chi connectivity index (χ2n) is 8.75. The lowest BCUT2D eigenvalue weighted by Crippen LogP contribution is -2.27. The molecule has 9 nitrogen and oxygen atoms in total. The molecule has 4 aromatic rings. The number of aromatic nitrogens is 5. The molecule has 1 amide bonds. The van der Waals surface area contributed by atoms with Gasteiger partial charge >= 0.3 is 6.18 Å². The average molecular weight is 533 g/mol. The molecule has 202 valence electrons. The highest BCUT2D eigenvalue weighted by Crippen LogP contribution is 2.36. The number of H-pyrrole nitrogens is 1. The number of aromatic amines is 1. The molecule has 0 unspecified atom stereocenters. The molecule has 1 aromatic carbocycles. The lowest BCUT2D eigenvalue weighted by Gasteiger charge is -2.13. The molecule has 0 atom stereocenters. The second-order valence-corrected chi connectivity index (χ2v) is 8.75. The molecule has 3 aromatic heterocycles. The Bertz CT molecular complexity index is 1390. The molecular formula is C25H28F4N8O. The highest BCUT2D eigenvalue weighted by Gasteiger charge is 2.37. The number of rotatable bonds is 11. The monoisotopic (exact) mass is 532 g/mol. The van der Waals surface area contributed by atoms with E-state index in [1.165, 1.54) is 29.1 Å². The summed E-state index contributed by atoms with van der Waals surface area (Å²) < 4.78 is 56.4. The van der Waals surface area contributed by atoms with Crippen molar-refractivity contribution in [2.45, 2.75) is 39.3 Å². The maximum absolute atomic E-state index is 15.0. The van der Waals surface area contributed by atoms with E-state index < -0.39 is 23.6 Å². The summed E-state index contributed by atoms with van der Waals surface area (Å²) in [4.78, 5) is 21.0. The molecule has 0 saturated carbocycles. The summed E-state index contributed by atoms with van der Waals surface area (Å²) in [5.74, 6) is -1.01. The molecule has 0 spiro atoms. The van der Waals surface area contributed by atoms with E-state index in [1.807, 2.05) is 0 Å². The van der Waals surface area contributed by atoms with Gasteiger partial charge in [0.05, 0.1) is 23.0 Å².